The second kappa shape index (κ2) is 11.6. The second-order valence-electron chi connectivity index (χ2n) is 9.57. The molecule has 8 nitrogen and oxygen atoms in total. The van der Waals surface area contributed by atoms with Crippen LogP contribution in [-0.2, 0) is 32.7 Å². The average Bonchev–Trinajstić information content (AvgIpc) is 3.11. The summed E-state index contributed by atoms with van der Waals surface area (Å²) >= 11 is 0. The van der Waals surface area contributed by atoms with Crippen LogP contribution in [0, 0.1) is 5.41 Å². The molecule has 1 aliphatic heterocycles. The van der Waals surface area contributed by atoms with Crippen molar-refractivity contribution < 1.29 is 19.1 Å². The van der Waals surface area contributed by atoms with Crippen LogP contribution in [-0.4, -0.2) is 47.0 Å². The first-order valence-electron chi connectivity index (χ1n) is 11.5. The van der Waals surface area contributed by atoms with E-state index >= 15 is 0 Å². The second-order valence-corrected chi connectivity index (χ2v) is 9.57. The summed E-state index contributed by atoms with van der Waals surface area (Å²) in [6.07, 6.45) is 2.35. The lowest BCUT2D eigenvalue weighted by atomic mass is 9.82. The number of fused-ring (bicyclic) bond motifs is 1. The van der Waals surface area contributed by atoms with Crippen LogP contribution in [0.25, 0.3) is 6.08 Å². The van der Waals surface area contributed by atoms with Crippen molar-refractivity contribution in [3.05, 3.63) is 69.7 Å². The molecule has 1 aliphatic rings. The number of aryl methyl sites for hydroxylation is 1. The number of rotatable bonds is 7. The number of hydrogen-bond acceptors (Lipinski definition) is 6. The molecule has 0 unspecified atom stereocenters. The molecule has 0 atom stereocenters. The van der Waals surface area contributed by atoms with Crippen molar-refractivity contribution in [2.24, 2.45) is 0 Å². The standard InChI is InChI=1S/C27H32N4O4.BrH/c1-7-20-11-10-19-14-31(25(28)24(19)30-20)15-23(33)18-9-8-17(21(12-18)27(3,4)5)13-22(26(34)35-6)29-16(2)32;/h8-13,28H,7,14-15H2,1-6H3,(H,29,32);1H/b22-13+,28-25?;. The number of nitrogens with one attached hydrogen (secondary N) is 2. The van der Waals surface area contributed by atoms with Gasteiger partial charge in [0.25, 0.3) is 0 Å². The number of ether oxygens (including phenoxy) is 1. The van der Waals surface area contributed by atoms with Gasteiger partial charge in [-0.2, -0.15) is 0 Å². The number of amides is 1. The molecule has 2 aromatic rings. The Hall–Kier alpha value is -3.33. The average molecular weight is 557 g/mol. The number of aromatic nitrogens is 1. The number of Topliss-reactive ketones (excluding diaryl/α,β-unsaturated/α-hetero) is 1. The fourth-order valence-electron chi connectivity index (χ4n) is 4.00. The van der Waals surface area contributed by atoms with E-state index in [1.807, 2.05) is 45.9 Å². The number of nitrogens with zero attached hydrogens (tertiary/aromatic N) is 2. The number of benzene rings is 1. The monoisotopic (exact) mass is 556 g/mol. The summed E-state index contributed by atoms with van der Waals surface area (Å²) in [5.74, 6) is -0.904. The van der Waals surface area contributed by atoms with Gasteiger partial charge in [-0.05, 0) is 41.2 Å². The van der Waals surface area contributed by atoms with Crippen molar-refractivity contribution in [3.63, 3.8) is 0 Å². The van der Waals surface area contributed by atoms with E-state index in [2.05, 4.69) is 10.3 Å². The van der Waals surface area contributed by atoms with Crippen molar-refractivity contribution in [3.8, 4) is 0 Å². The van der Waals surface area contributed by atoms with E-state index in [9.17, 15) is 14.4 Å². The molecule has 0 radical (unpaired) electrons. The zero-order valence-corrected chi connectivity index (χ0v) is 23.2. The Labute approximate surface area is 222 Å². The Morgan fingerprint density at radius 2 is 1.89 bits per heavy atom. The van der Waals surface area contributed by atoms with Gasteiger partial charge in [0.1, 0.15) is 17.2 Å². The summed E-state index contributed by atoms with van der Waals surface area (Å²) in [6.45, 7) is 9.90. The minimum absolute atomic E-state index is 0. The normalized spacial score (nSPS) is 13.1. The molecule has 0 spiro atoms. The lowest BCUT2D eigenvalue weighted by molar-refractivity contribution is -0.137. The van der Waals surface area contributed by atoms with Gasteiger partial charge in [-0.15, -0.1) is 17.0 Å². The lowest BCUT2D eigenvalue weighted by Crippen LogP contribution is -2.30. The number of ketones is 1. The smallest absolute Gasteiger partial charge is 0.354 e. The van der Waals surface area contributed by atoms with Crippen LogP contribution in [0.1, 0.15) is 73.1 Å². The molecular formula is C27H33BrN4O4. The fraction of sp³-hybridized carbons (Fsp3) is 0.370. The van der Waals surface area contributed by atoms with E-state index in [-0.39, 0.29) is 52.2 Å². The minimum atomic E-state index is -0.660. The molecule has 0 fully saturated rings. The van der Waals surface area contributed by atoms with Gasteiger partial charge in [0.05, 0.1) is 13.7 Å². The largest absolute Gasteiger partial charge is 0.464 e. The summed E-state index contributed by atoms with van der Waals surface area (Å²) < 4.78 is 4.79. The highest BCUT2D eigenvalue weighted by molar-refractivity contribution is 8.93. The van der Waals surface area contributed by atoms with E-state index in [0.717, 1.165) is 23.2 Å². The first-order valence-corrected chi connectivity index (χ1v) is 11.5. The molecule has 36 heavy (non-hydrogen) atoms. The topological polar surface area (TPSA) is 112 Å². The van der Waals surface area contributed by atoms with Crippen LogP contribution < -0.4 is 5.32 Å². The van der Waals surface area contributed by atoms with Crippen LogP contribution in [0.15, 0.2) is 36.0 Å². The molecule has 9 heteroatoms. The molecule has 2 N–H and O–H groups in total. The third kappa shape index (κ3) is 6.46. The molecule has 0 saturated heterocycles. The Morgan fingerprint density at radius 3 is 2.47 bits per heavy atom. The highest BCUT2D eigenvalue weighted by Crippen LogP contribution is 2.29. The number of pyridine rings is 1. The predicted octanol–water partition coefficient (Wildman–Crippen LogP) is 4.19. The first-order chi connectivity index (χ1) is 16.4. The molecule has 0 saturated carbocycles. The van der Waals surface area contributed by atoms with Gasteiger partial charge in [0.15, 0.2) is 5.78 Å². The van der Waals surface area contributed by atoms with Crippen molar-refractivity contribution in [1.29, 1.82) is 5.41 Å². The molecule has 2 heterocycles. The molecule has 0 aliphatic carbocycles. The van der Waals surface area contributed by atoms with Crippen molar-refractivity contribution in [2.75, 3.05) is 13.7 Å². The van der Waals surface area contributed by atoms with Gasteiger partial charge in [-0.25, -0.2) is 9.78 Å². The van der Waals surface area contributed by atoms with Crippen LogP contribution in [0.2, 0.25) is 0 Å². The van der Waals surface area contributed by atoms with Crippen LogP contribution >= 0.6 is 17.0 Å². The van der Waals surface area contributed by atoms with Crippen molar-refractivity contribution in [1.82, 2.24) is 15.2 Å². The summed E-state index contributed by atoms with van der Waals surface area (Å²) in [6, 6.07) is 9.22. The van der Waals surface area contributed by atoms with E-state index in [4.69, 9.17) is 10.1 Å². The molecular weight excluding hydrogens is 524 g/mol. The Balaban J connectivity index is 0.00000456. The summed E-state index contributed by atoms with van der Waals surface area (Å²) in [7, 11) is 1.25. The summed E-state index contributed by atoms with van der Waals surface area (Å²) in [4.78, 5) is 43.2. The minimum Gasteiger partial charge on any atom is -0.464 e. The highest BCUT2D eigenvalue weighted by Gasteiger charge is 2.28. The van der Waals surface area contributed by atoms with Gasteiger partial charge in [-0.1, -0.05) is 45.9 Å². The Kier molecular flexibility index (Phi) is 9.32. The van der Waals surface area contributed by atoms with Crippen LogP contribution in [0.5, 0.6) is 0 Å². The molecule has 192 valence electrons. The molecule has 1 aromatic carbocycles. The number of carbonyl (C=O) groups is 3. The maximum absolute atomic E-state index is 13.2. The number of halogens is 1. The molecule has 0 bridgehead atoms. The van der Waals surface area contributed by atoms with E-state index in [0.29, 0.717) is 23.4 Å². The number of esters is 1. The number of methoxy groups -OCH3 is 1. The van der Waals surface area contributed by atoms with Gasteiger partial charge in [0.2, 0.25) is 5.91 Å². The lowest BCUT2D eigenvalue weighted by Gasteiger charge is -2.23. The van der Waals surface area contributed by atoms with Crippen LogP contribution in [0.3, 0.4) is 0 Å². The molecule has 3 rings (SSSR count). The van der Waals surface area contributed by atoms with E-state index in [1.54, 1.807) is 23.1 Å². The van der Waals surface area contributed by atoms with Crippen molar-refractivity contribution in [2.45, 2.75) is 53.0 Å². The Bertz CT molecular complexity index is 1230. The summed E-state index contributed by atoms with van der Waals surface area (Å²) in [5, 5.41) is 11.0. The number of hydrogen-bond donors (Lipinski definition) is 2. The highest BCUT2D eigenvalue weighted by atomic mass is 79.9. The third-order valence-electron chi connectivity index (χ3n) is 5.83. The van der Waals surface area contributed by atoms with Gasteiger partial charge in [0, 0.05) is 30.3 Å². The van der Waals surface area contributed by atoms with Crippen LogP contribution in [0.4, 0.5) is 0 Å². The summed E-state index contributed by atoms with van der Waals surface area (Å²) in [5.41, 5.74) is 4.22. The van der Waals surface area contributed by atoms with Gasteiger partial charge in [-0.3, -0.25) is 15.0 Å². The zero-order valence-electron chi connectivity index (χ0n) is 21.5. The van der Waals surface area contributed by atoms with E-state index < -0.39 is 5.97 Å². The van der Waals surface area contributed by atoms with Gasteiger partial charge >= 0.3 is 5.97 Å². The predicted molar refractivity (Wildman–Crippen MR) is 144 cm³/mol. The Morgan fingerprint density at radius 1 is 1.19 bits per heavy atom. The SMILES string of the molecule is Br.CCc1ccc2c(n1)C(=N)N(CC(=O)c1ccc(/C=C(/NC(C)=O)C(=O)OC)c(C(C)(C)C)c1)C2. The molecule has 1 amide bonds. The molecule has 1 aromatic heterocycles. The number of amidine groups is 1. The van der Waals surface area contributed by atoms with E-state index in [1.165, 1.54) is 14.0 Å². The first kappa shape index (κ1) is 28.9. The zero-order chi connectivity index (χ0) is 25.9. The maximum atomic E-state index is 13.2. The number of carbonyl (C=O) groups excluding carboxylic acids is 3. The maximum Gasteiger partial charge on any atom is 0.354 e. The van der Waals surface area contributed by atoms with Gasteiger partial charge < -0.3 is 15.0 Å². The fourth-order valence-corrected chi connectivity index (χ4v) is 4.00. The third-order valence-corrected chi connectivity index (χ3v) is 5.83. The quantitative estimate of drug-likeness (QED) is 0.300. The van der Waals surface area contributed by atoms with Crippen molar-refractivity contribution >= 4 is 46.6 Å².